The standard InChI is InChI=1S/C23H38N6O4S/c1-15-8-10-29(19(12-15)22(30)31)14-18(6-4-9-26-23(24)25)28-34(32,33)20-7-3-5-17-11-16(2)13-27-21(17)20/h3,5,7,15-16,18-19,27-28H,4,6,8-14H2,1-2H3,(H,30,31)(H4,24,25,26)/t15-,16?,18?,19-/m1/s1. The number of aliphatic carboxylic acids is 1. The van der Waals surface area contributed by atoms with Crippen molar-refractivity contribution in [2.75, 3.05) is 31.5 Å². The van der Waals surface area contributed by atoms with Crippen molar-refractivity contribution in [3.63, 3.8) is 0 Å². The number of likely N-dealkylation sites (tertiary alicyclic amines) is 1. The molecule has 10 nitrogen and oxygen atoms in total. The van der Waals surface area contributed by atoms with Crippen LogP contribution >= 0.6 is 0 Å². The van der Waals surface area contributed by atoms with Gasteiger partial charge >= 0.3 is 5.97 Å². The summed E-state index contributed by atoms with van der Waals surface area (Å²) in [5.74, 6) is -0.136. The van der Waals surface area contributed by atoms with Crippen LogP contribution in [0.3, 0.4) is 0 Å². The summed E-state index contributed by atoms with van der Waals surface area (Å²) in [7, 11) is -3.84. The molecule has 11 heteroatoms. The van der Waals surface area contributed by atoms with Crippen LogP contribution in [0.2, 0.25) is 0 Å². The van der Waals surface area contributed by atoms with E-state index in [9.17, 15) is 18.3 Å². The molecule has 0 aromatic heterocycles. The van der Waals surface area contributed by atoms with E-state index in [4.69, 9.17) is 11.5 Å². The molecular formula is C23H38N6O4S. The zero-order valence-corrected chi connectivity index (χ0v) is 20.9. The lowest BCUT2D eigenvalue weighted by molar-refractivity contribution is -0.145. The van der Waals surface area contributed by atoms with Crippen LogP contribution in [-0.2, 0) is 21.2 Å². The molecule has 190 valence electrons. The lowest BCUT2D eigenvalue weighted by Gasteiger charge is -2.38. The van der Waals surface area contributed by atoms with Gasteiger partial charge in [0.15, 0.2) is 5.96 Å². The molecule has 2 unspecified atom stereocenters. The number of anilines is 1. The molecule has 0 bridgehead atoms. The minimum Gasteiger partial charge on any atom is -0.480 e. The highest BCUT2D eigenvalue weighted by Gasteiger charge is 2.34. The SMILES string of the molecule is CC1CNc2c(cccc2S(=O)(=O)NC(CCCN=C(N)N)CN2CC[C@@H](C)C[C@@H]2C(=O)O)C1. The number of benzene rings is 1. The molecule has 1 fully saturated rings. The first-order valence-electron chi connectivity index (χ1n) is 12.0. The molecule has 1 aromatic carbocycles. The molecule has 3 rings (SSSR count). The van der Waals surface area contributed by atoms with Crippen LogP contribution in [0.5, 0.6) is 0 Å². The Labute approximate surface area is 202 Å². The molecule has 2 aliphatic heterocycles. The van der Waals surface area contributed by atoms with Crippen molar-refractivity contribution in [2.24, 2.45) is 28.3 Å². The zero-order chi connectivity index (χ0) is 24.9. The van der Waals surface area contributed by atoms with Crippen LogP contribution in [0.25, 0.3) is 0 Å². The summed E-state index contributed by atoms with van der Waals surface area (Å²) in [5, 5.41) is 13.0. The molecule has 34 heavy (non-hydrogen) atoms. The summed E-state index contributed by atoms with van der Waals surface area (Å²) in [6.07, 6.45) is 3.30. The number of nitrogens with two attached hydrogens (primary N) is 2. The Bertz CT molecular complexity index is 995. The van der Waals surface area contributed by atoms with Gasteiger partial charge in [0.2, 0.25) is 10.0 Å². The number of sulfonamides is 1. The molecule has 0 amide bonds. The number of fused-ring (bicyclic) bond motifs is 1. The van der Waals surface area contributed by atoms with E-state index in [0.29, 0.717) is 63.0 Å². The second-order valence-electron chi connectivity index (χ2n) is 9.73. The maximum atomic E-state index is 13.5. The van der Waals surface area contributed by atoms with E-state index in [1.54, 1.807) is 12.1 Å². The molecule has 2 heterocycles. The maximum absolute atomic E-state index is 13.5. The fourth-order valence-corrected chi connectivity index (χ4v) is 6.35. The van der Waals surface area contributed by atoms with Gasteiger partial charge in [-0.25, -0.2) is 13.1 Å². The van der Waals surface area contributed by atoms with Gasteiger partial charge in [0, 0.05) is 25.7 Å². The van der Waals surface area contributed by atoms with E-state index >= 15 is 0 Å². The van der Waals surface area contributed by atoms with Crippen molar-refractivity contribution in [1.82, 2.24) is 9.62 Å². The largest absolute Gasteiger partial charge is 0.480 e. The third-order valence-electron chi connectivity index (χ3n) is 6.64. The summed E-state index contributed by atoms with van der Waals surface area (Å²) in [4.78, 5) is 18.0. The van der Waals surface area contributed by atoms with Gasteiger partial charge < -0.3 is 21.9 Å². The van der Waals surface area contributed by atoms with Gasteiger partial charge in [-0.1, -0.05) is 26.0 Å². The van der Waals surface area contributed by atoms with Crippen molar-refractivity contribution in [1.29, 1.82) is 0 Å². The Morgan fingerprint density at radius 3 is 2.79 bits per heavy atom. The Balaban J connectivity index is 1.81. The second-order valence-corrected chi connectivity index (χ2v) is 11.4. The predicted molar refractivity (Wildman–Crippen MR) is 133 cm³/mol. The molecule has 0 radical (unpaired) electrons. The van der Waals surface area contributed by atoms with Gasteiger partial charge in [-0.3, -0.25) is 14.7 Å². The highest BCUT2D eigenvalue weighted by atomic mass is 32.2. The predicted octanol–water partition coefficient (Wildman–Crippen LogP) is 1.18. The molecule has 0 saturated carbocycles. The number of rotatable bonds is 10. The zero-order valence-electron chi connectivity index (χ0n) is 20.0. The van der Waals surface area contributed by atoms with Crippen LogP contribution in [0.4, 0.5) is 5.69 Å². The highest BCUT2D eigenvalue weighted by Crippen LogP contribution is 2.31. The van der Waals surface area contributed by atoms with Crippen molar-refractivity contribution in [3.8, 4) is 0 Å². The summed E-state index contributed by atoms with van der Waals surface area (Å²) >= 11 is 0. The Morgan fingerprint density at radius 2 is 2.09 bits per heavy atom. The molecule has 1 saturated heterocycles. The van der Waals surface area contributed by atoms with Gasteiger partial charge in [0.05, 0.1) is 5.69 Å². The first-order chi connectivity index (χ1) is 16.1. The van der Waals surface area contributed by atoms with Gasteiger partial charge in [0.25, 0.3) is 0 Å². The number of carboxylic acids is 1. The van der Waals surface area contributed by atoms with Crippen molar-refractivity contribution < 1.29 is 18.3 Å². The topological polar surface area (TPSA) is 163 Å². The normalized spacial score (nSPS) is 24.0. The monoisotopic (exact) mass is 494 g/mol. The van der Waals surface area contributed by atoms with E-state index in [1.165, 1.54) is 0 Å². The summed E-state index contributed by atoms with van der Waals surface area (Å²) < 4.78 is 29.8. The molecule has 0 spiro atoms. The molecule has 7 N–H and O–H groups in total. The van der Waals surface area contributed by atoms with Crippen LogP contribution in [0.1, 0.15) is 45.1 Å². The average Bonchev–Trinajstić information content (AvgIpc) is 2.76. The number of carboxylic acid groups (broad SMARTS) is 1. The van der Waals surface area contributed by atoms with E-state index in [-0.39, 0.29) is 10.9 Å². The van der Waals surface area contributed by atoms with Crippen LogP contribution in [0, 0.1) is 11.8 Å². The highest BCUT2D eigenvalue weighted by molar-refractivity contribution is 7.89. The number of carbonyl (C=O) groups is 1. The van der Waals surface area contributed by atoms with Crippen molar-refractivity contribution >= 4 is 27.6 Å². The van der Waals surface area contributed by atoms with Gasteiger partial charge in [-0.2, -0.15) is 0 Å². The fraction of sp³-hybridized carbons (Fsp3) is 0.652. The lowest BCUT2D eigenvalue weighted by Crippen LogP contribution is -2.52. The number of hydrogen-bond donors (Lipinski definition) is 5. The van der Waals surface area contributed by atoms with E-state index in [1.807, 2.05) is 11.0 Å². The average molecular weight is 495 g/mol. The van der Waals surface area contributed by atoms with Gasteiger partial charge in [-0.05, 0) is 62.1 Å². The number of piperidine rings is 1. The Morgan fingerprint density at radius 1 is 1.32 bits per heavy atom. The molecule has 1 aromatic rings. The number of para-hydroxylation sites is 1. The van der Waals surface area contributed by atoms with E-state index in [0.717, 1.165) is 18.4 Å². The van der Waals surface area contributed by atoms with Crippen molar-refractivity contribution in [3.05, 3.63) is 23.8 Å². The Hall–Kier alpha value is -2.37. The first kappa shape index (κ1) is 26.2. The fourth-order valence-electron chi connectivity index (χ4n) is 4.86. The lowest BCUT2D eigenvalue weighted by atomic mass is 9.92. The van der Waals surface area contributed by atoms with E-state index in [2.05, 4.69) is 28.9 Å². The summed E-state index contributed by atoms with van der Waals surface area (Å²) in [6.45, 7) is 6.19. The molecule has 4 atom stereocenters. The third kappa shape index (κ3) is 6.83. The third-order valence-corrected chi connectivity index (χ3v) is 8.20. The van der Waals surface area contributed by atoms with E-state index < -0.39 is 28.1 Å². The number of guanidine groups is 1. The van der Waals surface area contributed by atoms with Crippen molar-refractivity contribution in [2.45, 2.75) is 62.9 Å². The van der Waals surface area contributed by atoms with Gasteiger partial charge in [0.1, 0.15) is 10.9 Å². The minimum atomic E-state index is -3.84. The Kier molecular flexibility index (Phi) is 8.78. The molecular weight excluding hydrogens is 456 g/mol. The molecule has 2 aliphatic rings. The van der Waals surface area contributed by atoms with Gasteiger partial charge in [-0.15, -0.1) is 0 Å². The number of aliphatic imine (C=N–C) groups is 1. The number of hydrogen-bond acceptors (Lipinski definition) is 6. The number of nitrogens with zero attached hydrogens (tertiary/aromatic N) is 2. The van der Waals surface area contributed by atoms with Crippen LogP contribution < -0.4 is 21.5 Å². The second kappa shape index (κ2) is 11.4. The summed E-state index contributed by atoms with van der Waals surface area (Å²) in [5.41, 5.74) is 12.5. The molecule has 0 aliphatic carbocycles. The summed E-state index contributed by atoms with van der Waals surface area (Å²) in [6, 6.07) is 4.24. The quantitative estimate of drug-likeness (QED) is 0.184. The smallest absolute Gasteiger partial charge is 0.320 e. The minimum absolute atomic E-state index is 0.00990. The maximum Gasteiger partial charge on any atom is 0.320 e. The number of nitrogens with one attached hydrogen (secondary N) is 2. The van der Waals surface area contributed by atoms with Crippen LogP contribution in [-0.4, -0.2) is 68.6 Å². The van der Waals surface area contributed by atoms with Crippen LogP contribution in [0.15, 0.2) is 28.1 Å². The first-order valence-corrected chi connectivity index (χ1v) is 13.5.